The van der Waals surface area contributed by atoms with Crippen molar-refractivity contribution >= 4 is 18.0 Å². The SMILES string of the molecule is COc1ccc(C2(C)CCCc3nc(SCc4c(F)cc(CC=O)cc4F)n(-c4ccc(F)cc4)c32)cc1OC. The highest BCUT2D eigenvalue weighted by atomic mass is 32.2. The van der Waals surface area contributed by atoms with Crippen LogP contribution in [0, 0.1) is 17.5 Å². The molecule has 5 rings (SSSR count). The number of hydrogen-bond acceptors (Lipinski definition) is 5. The quantitative estimate of drug-likeness (QED) is 0.162. The number of thioether (sulfide) groups is 1. The second-order valence-electron chi connectivity index (χ2n) is 9.95. The minimum Gasteiger partial charge on any atom is -0.493 e. The van der Waals surface area contributed by atoms with Crippen molar-refractivity contribution in [2.75, 3.05) is 14.2 Å². The highest BCUT2D eigenvalue weighted by Crippen LogP contribution is 2.47. The molecule has 1 atom stereocenters. The monoisotopic (exact) mass is 566 g/mol. The number of halogens is 3. The van der Waals surface area contributed by atoms with Gasteiger partial charge in [0.2, 0.25) is 0 Å². The molecule has 1 aromatic heterocycles. The number of methoxy groups -OCH3 is 2. The molecular weight excluding hydrogens is 537 g/mol. The average molecular weight is 567 g/mol. The van der Waals surface area contributed by atoms with Crippen molar-refractivity contribution in [1.82, 2.24) is 9.55 Å². The Bertz CT molecular complexity index is 1530. The second-order valence-corrected chi connectivity index (χ2v) is 10.9. The molecule has 1 heterocycles. The number of carbonyl (C=O) groups excluding carboxylic acids is 1. The van der Waals surface area contributed by atoms with Gasteiger partial charge in [-0.2, -0.15) is 0 Å². The number of aldehydes is 1. The first-order valence-electron chi connectivity index (χ1n) is 12.9. The Morgan fingerprint density at radius 2 is 1.70 bits per heavy atom. The zero-order chi connectivity index (χ0) is 28.4. The van der Waals surface area contributed by atoms with Gasteiger partial charge in [-0.25, -0.2) is 18.2 Å². The molecule has 0 fully saturated rings. The predicted molar refractivity (Wildman–Crippen MR) is 148 cm³/mol. The lowest BCUT2D eigenvalue weighted by Crippen LogP contribution is -2.31. The van der Waals surface area contributed by atoms with Gasteiger partial charge in [-0.3, -0.25) is 4.57 Å². The fourth-order valence-electron chi connectivity index (χ4n) is 5.44. The molecule has 0 saturated heterocycles. The van der Waals surface area contributed by atoms with E-state index >= 15 is 0 Å². The van der Waals surface area contributed by atoms with E-state index < -0.39 is 17.0 Å². The van der Waals surface area contributed by atoms with Crippen LogP contribution < -0.4 is 9.47 Å². The fourth-order valence-corrected chi connectivity index (χ4v) is 6.49. The number of imidazole rings is 1. The third kappa shape index (κ3) is 5.10. The maximum Gasteiger partial charge on any atom is 0.173 e. The Balaban J connectivity index is 1.62. The van der Waals surface area contributed by atoms with Gasteiger partial charge in [0, 0.05) is 28.8 Å². The van der Waals surface area contributed by atoms with Crippen LogP contribution in [0.15, 0.2) is 59.8 Å². The van der Waals surface area contributed by atoms with Crippen molar-refractivity contribution in [2.24, 2.45) is 0 Å². The van der Waals surface area contributed by atoms with Gasteiger partial charge < -0.3 is 14.3 Å². The molecule has 0 bridgehead atoms. The van der Waals surface area contributed by atoms with Crippen LogP contribution in [0.2, 0.25) is 0 Å². The fraction of sp³-hybridized carbons (Fsp3) is 0.290. The van der Waals surface area contributed by atoms with E-state index in [1.54, 1.807) is 26.4 Å². The topological polar surface area (TPSA) is 53.3 Å². The van der Waals surface area contributed by atoms with E-state index in [1.807, 2.05) is 22.8 Å². The van der Waals surface area contributed by atoms with Gasteiger partial charge >= 0.3 is 0 Å². The van der Waals surface area contributed by atoms with Crippen LogP contribution in [0.5, 0.6) is 11.5 Å². The maximum absolute atomic E-state index is 14.8. The van der Waals surface area contributed by atoms with Gasteiger partial charge in [0.15, 0.2) is 16.7 Å². The summed E-state index contributed by atoms with van der Waals surface area (Å²) in [5.74, 6) is -0.553. The molecule has 1 unspecified atom stereocenters. The highest BCUT2D eigenvalue weighted by Gasteiger charge is 2.40. The van der Waals surface area contributed by atoms with Crippen LogP contribution in [-0.2, 0) is 28.8 Å². The molecule has 1 aliphatic carbocycles. The number of hydrogen-bond donors (Lipinski definition) is 0. The Kier molecular flexibility index (Phi) is 7.94. The molecule has 0 saturated carbocycles. The molecule has 40 heavy (non-hydrogen) atoms. The molecule has 208 valence electrons. The third-order valence-corrected chi connectivity index (χ3v) is 8.47. The lowest BCUT2D eigenvalue weighted by Gasteiger charge is -2.36. The molecule has 0 spiro atoms. The van der Waals surface area contributed by atoms with E-state index in [0.29, 0.717) is 28.6 Å². The third-order valence-electron chi connectivity index (χ3n) is 7.50. The first kappa shape index (κ1) is 27.8. The Labute approximate surface area is 235 Å². The summed E-state index contributed by atoms with van der Waals surface area (Å²) in [7, 11) is 3.18. The first-order chi connectivity index (χ1) is 19.3. The van der Waals surface area contributed by atoms with Crippen molar-refractivity contribution in [2.45, 2.75) is 48.9 Å². The number of fused-ring (bicyclic) bond motifs is 1. The van der Waals surface area contributed by atoms with Crippen LogP contribution in [0.1, 0.15) is 47.8 Å². The van der Waals surface area contributed by atoms with E-state index in [2.05, 4.69) is 6.92 Å². The van der Waals surface area contributed by atoms with Crippen molar-refractivity contribution in [1.29, 1.82) is 0 Å². The van der Waals surface area contributed by atoms with E-state index in [1.165, 1.54) is 36.0 Å². The number of aromatic nitrogens is 2. The van der Waals surface area contributed by atoms with Crippen molar-refractivity contribution < 1.29 is 27.4 Å². The highest BCUT2D eigenvalue weighted by molar-refractivity contribution is 7.98. The van der Waals surface area contributed by atoms with Crippen molar-refractivity contribution in [3.05, 3.63) is 100 Å². The summed E-state index contributed by atoms with van der Waals surface area (Å²) >= 11 is 1.21. The summed E-state index contributed by atoms with van der Waals surface area (Å²) in [6.07, 6.45) is 3.01. The molecule has 0 N–H and O–H groups in total. The van der Waals surface area contributed by atoms with Crippen LogP contribution in [0.3, 0.4) is 0 Å². The van der Waals surface area contributed by atoms with Crippen molar-refractivity contribution in [3.8, 4) is 17.2 Å². The lowest BCUT2D eigenvalue weighted by atomic mass is 9.71. The van der Waals surface area contributed by atoms with Gasteiger partial charge in [0.25, 0.3) is 0 Å². The zero-order valence-electron chi connectivity index (χ0n) is 22.5. The maximum atomic E-state index is 14.8. The Morgan fingerprint density at radius 1 is 1.00 bits per heavy atom. The van der Waals surface area contributed by atoms with Gasteiger partial charge in [-0.05, 0) is 85.8 Å². The van der Waals surface area contributed by atoms with Crippen molar-refractivity contribution in [3.63, 3.8) is 0 Å². The first-order valence-corrected chi connectivity index (χ1v) is 13.9. The second kappa shape index (κ2) is 11.4. The molecular formula is C31H29F3N2O3S. The van der Waals surface area contributed by atoms with E-state index in [4.69, 9.17) is 14.5 Å². The van der Waals surface area contributed by atoms with Gasteiger partial charge in [0.1, 0.15) is 23.7 Å². The lowest BCUT2D eigenvalue weighted by molar-refractivity contribution is -0.107. The average Bonchev–Trinajstić information content (AvgIpc) is 3.32. The normalized spacial score (nSPS) is 16.4. The zero-order valence-corrected chi connectivity index (χ0v) is 23.3. The summed E-state index contributed by atoms with van der Waals surface area (Å²) in [6, 6.07) is 14.4. The smallest absolute Gasteiger partial charge is 0.173 e. The van der Waals surface area contributed by atoms with Crippen LogP contribution >= 0.6 is 11.8 Å². The van der Waals surface area contributed by atoms with E-state index in [-0.39, 0.29) is 29.1 Å². The number of rotatable bonds is 9. The van der Waals surface area contributed by atoms with Crippen LogP contribution in [0.25, 0.3) is 5.69 Å². The standard InChI is InChI=1S/C31H29F3N2O3S/c1-31(20-6-11-27(38-2)28(17-20)39-3)13-4-5-26-29(31)36(22-9-7-21(32)8-10-22)30(35-26)40-18-23-24(33)15-19(12-14-37)16-25(23)34/h6-11,14-17H,4-5,12-13,18H2,1-3H3. The largest absolute Gasteiger partial charge is 0.493 e. The molecule has 0 amide bonds. The minimum absolute atomic E-state index is 0.0107. The van der Waals surface area contributed by atoms with Gasteiger partial charge in [-0.1, -0.05) is 17.8 Å². The van der Waals surface area contributed by atoms with E-state index in [9.17, 15) is 18.0 Å². The molecule has 0 radical (unpaired) electrons. The molecule has 0 aliphatic heterocycles. The van der Waals surface area contributed by atoms with Gasteiger partial charge in [0.05, 0.1) is 25.6 Å². The molecule has 5 nitrogen and oxygen atoms in total. The number of nitrogens with zero attached hydrogens (tertiary/aromatic N) is 2. The summed E-state index contributed by atoms with van der Waals surface area (Å²) in [6.45, 7) is 2.15. The summed E-state index contributed by atoms with van der Waals surface area (Å²) in [5, 5.41) is 0.556. The van der Waals surface area contributed by atoms with Crippen LogP contribution in [0.4, 0.5) is 13.2 Å². The molecule has 4 aromatic rings. The summed E-state index contributed by atoms with van der Waals surface area (Å²) in [4.78, 5) is 15.8. The minimum atomic E-state index is -0.704. The number of benzene rings is 3. The Hall–Kier alpha value is -3.72. The number of aryl methyl sites for hydroxylation is 1. The number of ether oxygens (including phenoxy) is 2. The summed E-state index contributed by atoms with van der Waals surface area (Å²) < 4.78 is 56.6. The van der Waals surface area contributed by atoms with E-state index in [0.717, 1.165) is 36.2 Å². The predicted octanol–water partition coefficient (Wildman–Crippen LogP) is 6.98. The van der Waals surface area contributed by atoms with Crippen LogP contribution in [-0.4, -0.2) is 30.1 Å². The molecule has 1 aliphatic rings. The Morgan fingerprint density at radius 3 is 2.35 bits per heavy atom. The summed E-state index contributed by atoms with van der Waals surface area (Å²) in [5.41, 5.74) is 3.25. The molecule has 9 heteroatoms. The number of carbonyl (C=O) groups is 1. The van der Waals surface area contributed by atoms with Gasteiger partial charge in [-0.15, -0.1) is 0 Å². The molecule has 3 aromatic carbocycles.